The number of carbonyl (C=O) groups is 1. The maximum Gasteiger partial charge on any atom is 0.277 e. The highest BCUT2D eigenvalue weighted by Gasteiger charge is 2.21. The van der Waals surface area contributed by atoms with Crippen molar-refractivity contribution >= 4 is 23.4 Å². The summed E-state index contributed by atoms with van der Waals surface area (Å²) in [4.78, 5) is 12.1. The fourth-order valence-electron chi connectivity index (χ4n) is 2.05. The summed E-state index contributed by atoms with van der Waals surface area (Å²) in [6.45, 7) is 1.51. The molecule has 2 aromatic carbocycles. The number of hydrogen-bond acceptors (Lipinski definition) is 5. The van der Waals surface area contributed by atoms with Crippen LogP contribution < -0.4 is 5.32 Å². The van der Waals surface area contributed by atoms with Gasteiger partial charge in [-0.3, -0.25) is 4.79 Å². The highest BCUT2D eigenvalue weighted by molar-refractivity contribution is 8.00. The number of halogens is 3. The lowest BCUT2D eigenvalue weighted by atomic mass is 10.2. The maximum atomic E-state index is 13.7. The minimum Gasteiger partial charge on any atom is -0.411 e. The van der Waals surface area contributed by atoms with Crippen molar-refractivity contribution in [2.24, 2.45) is 0 Å². The van der Waals surface area contributed by atoms with Crippen LogP contribution in [0.4, 0.5) is 18.9 Å². The molecule has 1 aromatic heterocycles. The Hall–Kier alpha value is -2.81. The standard InChI is InChI=1S/C17H12F3N3O2S/c1-9(15(24)21-14-12(19)7-4-8-13(14)20)26-17-23-22-16(25-17)10-5-2-3-6-11(10)18/h2-9H,1H3,(H,21,24)/t9-/m1/s1. The number of rotatable bonds is 5. The van der Waals surface area contributed by atoms with Crippen molar-refractivity contribution in [2.45, 2.75) is 17.4 Å². The van der Waals surface area contributed by atoms with Crippen molar-refractivity contribution in [1.29, 1.82) is 0 Å². The van der Waals surface area contributed by atoms with Gasteiger partial charge in [-0.15, -0.1) is 10.2 Å². The number of thioether (sulfide) groups is 1. The van der Waals surface area contributed by atoms with E-state index in [2.05, 4.69) is 15.5 Å². The van der Waals surface area contributed by atoms with E-state index in [1.165, 1.54) is 31.2 Å². The van der Waals surface area contributed by atoms with Crippen LogP contribution in [0.5, 0.6) is 0 Å². The van der Waals surface area contributed by atoms with Gasteiger partial charge in [0.25, 0.3) is 11.1 Å². The van der Waals surface area contributed by atoms with Gasteiger partial charge in [-0.05, 0) is 31.2 Å². The first-order valence-corrected chi connectivity index (χ1v) is 8.33. The van der Waals surface area contributed by atoms with Crippen LogP contribution in [-0.2, 0) is 4.79 Å². The Morgan fingerprint density at radius 1 is 1.04 bits per heavy atom. The van der Waals surface area contributed by atoms with E-state index in [1.54, 1.807) is 6.07 Å². The second kappa shape index (κ2) is 7.61. The molecule has 0 unspecified atom stereocenters. The van der Waals surface area contributed by atoms with Crippen LogP contribution in [0, 0.1) is 17.5 Å². The number of aromatic nitrogens is 2. The normalized spacial score (nSPS) is 12.0. The Morgan fingerprint density at radius 3 is 2.38 bits per heavy atom. The van der Waals surface area contributed by atoms with Gasteiger partial charge in [-0.2, -0.15) is 0 Å². The lowest BCUT2D eigenvalue weighted by Crippen LogP contribution is -2.23. The van der Waals surface area contributed by atoms with Crippen LogP contribution in [0.2, 0.25) is 0 Å². The van der Waals surface area contributed by atoms with E-state index < -0.39 is 34.3 Å². The van der Waals surface area contributed by atoms with Crippen molar-refractivity contribution in [1.82, 2.24) is 10.2 Å². The SMILES string of the molecule is C[C@@H](Sc1nnc(-c2ccccc2F)o1)C(=O)Nc1c(F)cccc1F. The molecule has 1 amide bonds. The molecule has 0 spiro atoms. The summed E-state index contributed by atoms with van der Waals surface area (Å²) < 4.78 is 46.2. The second-order valence-electron chi connectivity index (χ2n) is 5.20. The number of anilines is 1. The molecule has 0 bridgehead atoms. The molecule has 0 aliphatic heterocycles. The highest BCUT2D eigenvalue weighted by Crippen LogP contribution is 2.28. The molecule has 0 aliphatic carbocycles. The molecule has 5 nitrogen and oxygen atoms in total. The lowest BCUT2D eigenvalue weighted by molar-refractivity contribution is -0.115. The van der Waals surface area contributed by atoms with Gasteiger partial charge in [-0.25, -0.2) is 13.2 Å². The molecule has 134 valence electrons. The van der Waals surface area contributed by atoms with Gasteiger partial charge in [0, 0.05) is 0 Å². The molecular weight excluding hydrogens is 367 g/mol. The van der Waals surface area contributed by atoms with E-state index in [-0.39, 0.29) is 16.7 Å². The monoisotopic (exact) mass is 379 g/mol. The number of hydrogen-bond donors (Lipinski definition) is 1. The summed E-state index contributed by atoms with van der Waals surface area (Å²) in [6, 6.07) is 9.15. The fourth-order valence-corrected chi connectivity index (χ4v) is 2.73. The first-order chi connectivity index (χ1) is 12.5. The Kier molecular flexibility index (Phi) is 5.27. The molecule has 0 aliphatic rings. The summed E-state index contributed by atoms with van der Waals surface area (Å²) in [5, 5.41) is 8.92. The maximum absolute atomic E-state index is 13.7. The molecule has 1 heterocycles. The number of para-hydroxylation sites is 1. The van der Waals surface area contributed by atoms with Crippen LogP contribution in [-0.4, -0.2) is 21.4 Å². The second-order valence-corrected chi connectivity index (χ2v) is 6.49. The molecule has 0 saturated heterocycles. The van der Waals surface area contributed by atoms with Gasteiger partial charge in [0.1, 0.15) is 23.1 Å². The number of amides is 1. The fraction of sp³-hybridized carbons (Fsp3) is 0.118. The average Bonchev–Trinajstić information content (AvgIpc) is 3.06. The largest absolute Gasteiger partial charge is 0.411 e. The lowest BCUT2D eigenvalue weighted by Gasteiger charge is -2.11. The predicted octanol–water partition coefficient (Wildman–Crippen LogP) is 4.27. The van der Waals surface area contributed by atoms with Crippen molar-refractivity contribution in [3.05, 3.63) is 59.9 Å². The Balaban J connectivity index is 1.69. The van der Waals surface area contributed by atoms with Crippen molar-refractivity contribution < 1.29 is 22.4 Å². The first kappa shape index (κ1) is 18.0. The molecule has 0 saturated carbocycles. The molecule has 1 atom stereocenters. The van der Waals surface area contributed by atoms with Crippen LogP contribution in [0.15, 0.2) is 52.1 Å². The van der Waals surface area contributed by atoms with Gasteiger partial charge in [0.15, 0.2) is 0 Å². The Bertz CT molecular complexity index is 928. The van der Waals surface area contributed by atoms with Crippen molar-refractivity contribution in [3.8, 4) is 11.5 Å². The highest BCUT2D eigenvalue weighted by atomic mass is 32.2. The van der Waals surface area contributed by atoms with Crippen molar-refractivity contribution in [2.75, 3.05) is 5.32 Å². The van der Waals surface area contributed by atoms with E-state index in [1.807, 2.05) is 0 Å². The van der Waals surface area contributed by atoms with Crippen LogP contribution >= 0.6 is 11.8 Å². The first-order valence-electron chi connectivity index (χ1n) is 7.45. The van der Waals surface area contributed by atoms with Gasteiger partial charge in [0.05, 0.1) is 10.8 Å². The Labute approximate surface area is 150 Å². The zero-order valence-corrected chi connectivity index (χ0v) is 14.2. The zero-order chi connectivity index (χ0) is 18.7. The molecule has 3 rings (SSSR count). The van der Waals surface area contributed by atoms with E-state index >= 15 is 0 Å². The van der Waals surface area contributed by atoms with E-state index in [9.17, 15) is 18.0 Å². The minimum absolute atomic E-state index is 0.0277. The quantitative estimate of drug-likeness (QED) is 0.671. The average molecular weight is 379 g/mol. The molecule has 1 N–H and O–H groups in total. The molecule has 3 aromatic rings. The van der Waals surface area contributed by atoms with Crippen LogP contribution in [0.3, 0.4) is 0 Å². The van der Waals surface area contributed by atoms with Gasteiger partial charge >= 0.3 is 0 Å². The number of nitrogens with one attached hydrogen (secondary N) is 1. The van der Waals surface area contributed by atoms with Gasteiger partial charge < -0.3 is 9.73 Å². The molecule has 0 fully saturated rings. The van der Waals surface area contributed by atoms with Gasteiger partial charge in [-0.1, -0.05) is 30.0 Å². The van der Waals surface area contributed by atoms with Crippen LogP contribution in [0.25, 0.3) is 11.5 Å². The third-order valence-electron chi connectivity index (χ3n) is 3.37. The molecule has 9 heteroatoms. The summed E-state index contributed by atoms with van der Waals surface area (Å²) in [7, 11) is 0. The third-order valence-corrected chi connectivity index (χ3v) is 4.30. The molecule has 0 radical (unpaired) electrons. The van der Waals surface area contributed by atoms with Gasteiger partial charge in [0.2, 0.25) is 5.91 Å². The smallest absolute Gasteiger partial charge is 0.277 e. The topological polar surface area (TPSA) is 68.0 Å². The number of nitrogens with zero attached hydrogens (tertiary/aromatic N) is 2. The summed E-state index contributed by atoms with van der Waals surface area (Å²) in [5.41, 5.74) is -0.389. The zero-order valence-electron chi connectivity index (χ0n) is 13.4. The molecule has 26 heavy (non-hydrogen) atoms. The third kappa shape index (κ3) is 3.88. The van der Waals surface area contributed by atoms with E-state index in [0.717, 1.165) is 23.9 Å². The summed E-state index contributed by atoms with van der Waals surface area (Å²) in [5.74, 6) is -2.96. The molecular formula is C17H12F3N3O2S. The number of benzene rings is 2. The van der Waals surface area contributed by atoms with E-state index in [4.69, 9.17) is 4.42 Å². The summed E-state index contributed by atoms with van der Waals surface area (Å²) in [6.07, 6.45) is 0. The predicted molar refractivity (Wildman–Crippen MR) is 90.0 cm³/mol. The van der Waals surface area contributed by atoms with Crippen LogP contribution in [0.1, 0.15) is 6.92 Å². The Morgan fingerprint density at radius 2 is 1.69 bits per heavy atom. The van der Waals surface area contributed by atoms with Crippen molar-refractivity contribution in [3.63, 3.8) is 0 Å². The minimum atomic E-state index is -0.879. The van der Waals surface area contributed by atoms with E-state index in [0.29, 0.717) is 0 Å². The summed E-state index contributed by atoms with van der Waals surface area (Å²) >= 11 is 0.884. The number of carbonyl (C=O) groups excluding carboxylic acids is 1.